The molecule has 1 aromatic rings. The number of phenols is 1. The Morgan fingerprint density at radius 3 is 1.83 bits per heavy atom. The quantitative estimate of drug-likeness (QED) is 0.156. The van der Waals surface area contributed by atoms with Gasteiger partial charge in [0.2, 0.25) is 5.91 Å². The van der Waals surface area contributed by atoms with Crippen LogP contribution in [0.4, 0.5) is 0 Å². The van der Waals surface area contributed by atoms with Crippen LogP contribution in [0.3, 0.4) is 0 Å². The van der Waals surface area contributed by atoms with E-state index in [4.69, 9.17) is 0 Å². The lowest BCUT2D eigenvalue weighted by Gasteiger charge is -2.03. The van der Waals surface area contributed by atoms with Gasteiger partial charge in [0, 0.05) is 12.0 Å². The summed E-state index contributed by atoms with van der Waals surface area (Å²) in [5, 5.41) is 13.5. The van der Waals surface area contributed by atoms with Crippen molar-refractivity contribution < 1.29 is 9.90 Å². The summed E-state index contributed by atoms with van der Waals surface area (Å²) in [7, 11) is 0. The second-order valence-electron chi connectivity index (χ2n) is 8.05. The molecule has 4 nitrogen and oxygen atoms in total. The normalized spacial score (nSPS) is 11.2. The van der Waals surface area contributed by atoms with E-state index in [1.165, 1.54) is 89.7 Å². The van der Waals surface area contributed by atoms with E-state index in [0.717, 1.165) is 12.8 Å². The van der Waals surface area contributed by atoms with Gasteiger partial charge in [-0.3, -0.25) is 4.79 Å². The SMILES string of the molecule is CCCCCCCCCCCCCCCCCC(=O)N/N=C\c1ccccc1O. The number of benzene rings is 1. The number of rotatable bonds is 18. The van der Waals surface area contributed by atoms with Gasteiger partial charge in [-0.05, 0) is 18.6 Å². The van der Waals surface area contributed by atoms with Gasteiger partial charge in [0.15, 0.2) is 0 Å². The molecule has 0 fully saturated rings. The monoisotopic (exact) mass is 402 g/mol. The van der Waals surface area contributed by atoms with Crippen LogP contribution in [0.5, 0.6) is 5.75 Å². The first-order valence-electron chi connectivity index (χ1n) is 11.8. The summed E-state index contributed by atoms with van der Waals surface area (Å²) in [6.45, 7) is 2.27. The standard InChI is InChI=1S/C25H42N2O2/c1-2-3-4-5-6-7-8-9-10-11-12-13-14-15-16-21-25(29)27-26-22-23-19-17-18-20-24(23)28/h17-20,22,28H,2-16,21H2,1H3,(H,27,29)/b26-22-. The predicted molar refractivity (Wildman–Crippen MR) is 123 cm³/mol. The minimum absolute atomic E-state index is 0.0636. The summed E-state index contributed by atoms with van der Waals surface area (Å²) >= 11 is 0. The Balaban J connectivity index is 1.85. The molecule has 1 rings (SSSR count). The number of nitrogens with one attached hydrogen (secondary N) is 1. The van der Waals surface area contributed by atoms with Crippen LogP contribution in [0.1, 0.15) is 115 Å². The fourth-order valence-corrected chi connectivity index (χ4v) is 3.48. The summed E-state index contributed by atoms with van der Waals surface area (Å²) in [6.07, 6.45) is 21.8. The van der Waals surface area contributed by atoms with E-state index in [-0.39, 0.29) is 11.7 Å². The number of nitrogens with zero attached hydrogens (tertiary/aromatic N) is 1. The zero-order chi connectivity index (χ0) is 21.0. The van der Waals surface area contributed by atoms with Crippen LogP contribution in [0, 0.1) is 0 Å². The Morgan fingerprint density at radius 2 is 1.31 bits per heavy atom. The van der Waals surface area contributed by atoms with Crippen LogP contribution < -0.4 is 5.43 Å². The summed E-state index contributed by atoms with van der Waals surface area (Å²) in [4.78, 5) is 11.8. The highest BCUT2D eigenvalue weighted by molar-refractivity contribution is 5.84. The largest absolute Gasteiger partial charge is 0.507 e. The highest BCUT2D eigenvalue weighted by Gasteiger charge is 2.00. The molecule has 2 N–H and O–H groups in total. The van der Waals surface area contributed by atoms with Crippen LogP contribution in [0.25, 0.3) is 0 Å². The maximum Gasteiger partial charge on any atom is 0.240 e. The minimum Gasteiger partial charge on any atom is -0.507 e. The van der Waals surface area contributed by atoms with E-state index >= 15 is 0 Å². The Morgan fingerprint density at radius 1 is 0.828 bits per heavy atom. The second-order valence-corrected chi connectivity index (χ2v) is 8.05. The van der Waals surface area contributed by atoms with Crippen molar-refractivity contribution in [3.05, 3.63) is 29.8 Å². The van der Waals surface area contributed by atoms with E-state index < -0.39 is 0 Å². The number of para-hydroxylation sites is 1. The smallest absolute Gasteiger partial charge is 0.240 e. The highest BCUT2D eigenvalue weighted by Crippen LogP contribution is 2.14. The predicted octanol–water partition coefficient (Wildman–Crippen LogP) is 7.10. The van der Waals surface area contributed by atoms with Crippen molar-refractivity contribution in [2.24, 2.45) is 5.10 Å². The Labute approximate surface area is 178 Å². The zero-order valence-electron chi connectivity index (χ0n) is 18.5. The van der Waals surface area contributed by atoms with Gasteiger partial charge < -0.3 is 5.11 Å². The number of aromatic hydroxyl groups is 1. The number of hydrogen-bond donors (Lipinski definition) is 2. The van der Waals surface area contributed by atoms with Crippen molar-refractivity contribution in [3.63, 3.8) is 0 Å². The Kier molecular flexibility index (Phi) is 15.8. The fourth-order valence-electron chi connectivity index (χ4n) is 3.48. The third-order valence-electron chi connectivity index (χ3n) is 5.34. The molecule has 0 aliphatic carbocycles. The lowest BCUT2D eigenvalue weighted by atomic mass is 10.0. The molecule has 1 amide bonds. The van der Waals surface area contributed by atoms with Crippen LogP contribution in [0.2, 0.25) is 0 Å². The van der Waals surface area contributed by atoms with E-state index in [1.54, 1.807) is 18.2 Å². The number of phenolic OH excluding ortho intramolecular Hbond substituents is 1. The first-order chi connectivity index (χ1) is 14.2. The molecule has 164 valence electrons. The van der Waals surface area contributed by atoms with Gasteiger partial charge in [0.25, 0.3) is 0 Å². The molecular weight excluding hydrogens is 360 g/mol. The topological polar surface area (TPSA) is 61.7 Å². The van der Waals surface area contributed by atoms with Crippen LogP contribution in [-0.2, 0) is 4.79 Å². The molecule has 0 heterocycles. The number of carbonyl (C=O) groups is 1. The van der Waals surface area contributed by atoms with Crippen molar-refractivity contribution in [3.8, 4) is 5.75 Å². The minimum atomic E-state index is -0.0636. The first-order valence-corrected chi connectivity index (χ1v) is 11.8. The average molecular weight is 403 g/mol. The van der Waals surface area contributed by atoms with E-state index in [0.29, 0.717) is 12.0 Å². The van der Waals surface area contributed by atoms with Gasteiger partial charge in [0.05, 0.1) is 6.21 Å². The molecule has 0 saturated carbocycles. The number of carbonyl (C=O) groups excluding carboxylic acids is 1. The Hall–Kier alpha value is -1.84. The molecule has 0 radical (unpaired) electrons. The van der Waals surface area contributed by atoms with Crippen molar-refractivity contribution in [1.82, 2.24) is 5.43 Å². The van der Waals surface area contributed by atoms with Crippen LogP contribution in [-0.4, -0.2) is 17.2 Å². The van der Waals surface area contributed by atoms with Gasteiger partial charge in [-0.25, -0.2) is 5.43 Å². The van der Waals surface area contributed by atoms with E-state index in [9.17, 15) is 9.90 Å². The van der Waals surface area contributed by atoms with Gasteiger partial charge in [-0.2, -0.15) is 5.10 Å². The lowest BCUT2D eigenvalue weighted by Crippen LogP contribution is -2.16. The summed E-state index contributed by atoms with van der Waals surface area (Å²) in [5.74, 6) is 0.0965. The number of hydrazone groups is 1. The molecule has 4 heteroatoms. The van der Waals surface area contributed by atoms with Gasteiger partial charge in [0.1, 0.15) is 5.75 Å². The number of unbranched alkanes of at least 4 members (excludes halogenated alkanes) is 14. The van der Waals surface area contributed by atoms with E-state index in [1.807, 2.05) is 6.07 Å². The molecule has 0 aromatic heterocycles. The van der Waals surface area contributed by atoms with Gasteiger partial charge in [-0.15, -0.1) is 0 Å². The maximum absolute atomic E-state index is 11.8. The molecule has 0 bridgehead atoms. The fraction of sp³-hybridized carbons (Fsp3) is 0.680. The van der Waals surface area contributed by atoms with Crippen molar-refractivity contribution >= 4 is 12.1 Å². The third kappa shape index (κ3) is 14.8. The molecule has 0 aliphatic rings. The number of amides is 1. The summed E-state index contributed by atoms with van der Waals surface area (Å²) < 4.78 is 0. The van der Waals surface area contributed by atoms with Crippen molar-refractivity contribution in [2.75, 3.05) is 0 Å². The zero-order valence-corrected chi connectivity index (χ0v) is 18.5. The van der Waals surface area contributed by atoms with Crippen LogP contribution >= 0.6 is 0 Å². The van der Waals surface area contributed by atoms with Crippen LogP contribution in [0.15, 0.2) is 29.4 Å². The molecule has 0 atom stereocenters. The number of hydrogen-bond acceptors (Lipinski definition) is 3. The molecule has 0 unspecified atom stereocenters. The van der Waals surface area contributed by atoms with E-state index in [2.05, 4.69) is 17.5 Å². The second kappa shape index (κ2) is 18.2. The summed E-state index contributed by atoms with van der Waals surface area (Å²) in [6, 6.07) is 6.92. The van der Waals surface area contributed by atoms with Crippen molar-refractivity contribution in [1.29, 1.82) is 0 Å². The van der Waals surface area contributed by atoms with Gasteiger partial charge >= 0.3 is 0 Å². The van der Waals surface area contributed by atoms with Crippen molar-refractivity contribution in [2.45, 2.75) is 110 Å². The lowest BCUT2D eigenvalue weighted by molar-refractivity contribution is -0.121. The molecule has 29 heavy (non-hydrogen) atoms. The Bertz CT molecular complexity index is 558. The summed E-state index contributed by atoms with van der Waals surface area (Å²) in [5.41, 5.74) is 3.12. The highest BCUT2D eigenvalue weighted by atomic mass is 16.3. The molecule has 0 saturated heterocycles. The molecule has 1 aromatic carbocycles. The van der Waals surface area contributed by atoms with Gasteiger partial charge in [-0.1, -0.05) is 109 Å². The molecule has 0 aliphatic heterocycles. The average Bonchev–Trinajstić information content (AvgIpc) is 2.72. The molecular formula is C25H42N2O2. The molecule has 0 spiro atoms. The maximum atomic E-state index is 11.8. The third-order valence-corrected chi connectivity index (χ3v) is 5.34. The first kappa shape index (κ1) is 25.2.